The van der Waals surface area contributed by atoms with Gasteiger partial charge in [0.25, 0.3) is 5.56 Å². The number of aryl methyl sites for hydroxylation is 1. The quantitative estimate of drug-likeness (QED) is 0.705. The maximum absolute atomic E-state index is 12.8. The maximum Gasteiger partial charge on any atom is 0.342 e. The van der Waals surface area contributed by atoms with Gasteiger partial charge < -0.3 is 19.4 Å². The lowest BCUT2D eigenvalue weighted by molar-refractivity contribution is -0.135. The first-order valence-corrected chi connectivity index (χ1v) is 9.15. The summed E-state index contributed by atoms with van der Waals surface area (Å²) in [5, 5.41) is 2.72. The predicted molar refractivity (Wildman–Crippen MR) is 104 cm³/mol. The Morgan fingerprint density at radius 2 is 1.97 bits per heavy atom. The number of rotatable bonds is 6. The fourth-order valence-corrected chi connectivity index (χ4v) is 2.73. The molecule has 0 radical (unpaired) electrons. The van der Waals surface area contributed by atoms with Crippen LogP contribution in [0.5, 0.6) is 0 Å². The molecule has 29 heavy (non-hydrogen) atoms. The molecule has 0 aliphatic carbocycles. The van der Waals surface area contributed by atoms with Crippen LogP contribution in [0.3, 0.4) is 0 Å². The van der Waals surface area contributed by atoms with Gasteiger partial charge in [0.15, 0.2) is 0 Å². The van der Waals surface area contributed by atoms with Gasteiger partial charge >= 0.3 is 5.97 Å². The van der Waals surface area contributed by atoms with Gasteiger partial charge in [0.1, 0.15) is 29.6 Å². The molecule has 0 saturated heterocycles. The zero-order valence-electron chi connectivity index (χ0n) is 17.5. The molecule has 0 spiro atoms. The second-order valence-electron chi connectivity index (χ2n) is 7.66. The predicted octanol–water partition coefficient (Wildman–Crippen LogP) is 0.848. The molecule has 0 aliphatic rings. The van der Waals surface area contributed by atoms with Crippen molar-refractivity contribution in [3.63, 3.8) is 0 Å². The average molecular weight is 406 g/mol. The summed E-state index contributed by atoms with van der Waals surface area (Å²) in [7, 11) is 1.47. The number of nitrogens with zero attached hydrogens (tertiary/aromatic N) is 3. The molecule has 0 aromatic carbocycles. The van der Waals surface area contributed by atoms with E-state index in [4.69, 9.17) is 9.15 Å². The number of esters is 1. The van der Waals surface area contributed by atoms with Crippen molar-refractivity contribution in [3.8, 4) is 0 Å². The van der Waals surface area contributed by atoms with E-state index in [1.165, 1.54) is 25.2 Å². The van der Waals surface area contributed by atoms with Gasteiger partial charge in [0.2, 0.25) is 17.5 Å². The van der Waals surface area contributed by atoms with E-state index in [0.717, 1.165) is 4.57 Å². The Labute approximate surface area is 167 Å². The highest BCUT2D eigenvalue weighted by Gasteiger charge is 2.25. The molecule has 0 atom stereocenters. The maximum atomic E-state index is 12.8. The first-order valence-electron chi connectivity index (χ1n) is 9.15. The molecule has 0 aliphatic heterocycles. The van der Waals surface area contributed by atoms with Gasteiger partial charge in [-0.05, 0) is 34.6 Å². The molecule has 0 fully saturated rings. The largest absolute Gasteiger partial charge is 0.462 e. The van der Waals surface area contributed by atoms with Crippen LogP contribution in [0, 0.1) is 6.92 Å². The molecule has 2 aromatic heterocycles. The van der Waals surface area contributed by atoms with Gasteiger partial charge in [-0.3, -0.25) is 19.0 Å². The monoisotopic (exact) mass is 406 g/mol. The second-order valence-corrected chi connectivity index (χ2v) is 7.66. The minimum atomic E-state index is -0.692. The third-order valence-corrected chi connectivity index (χ3v) is 3.96. The summed E-state index contributed by atoms with van der Waals surface area (Å²) in [5.74, 6) is -1.26. The van der Waals surface area contributed by atoms with Crippen molar-refractivity contribution in [2.45, 2.75) is 46.7 Å². The summed E-state index contributed by atoms with van der Waals surface area (Å²) in [6.07, 6.45) is 1.17. The van der Waals surface area contributed by atoms with Gasteiger partial charge in [-0.25, -0.2) is 9.78 Å². The van der Waals surface area contributed by atoms with Crippen molar-refractivity contribution in [1.82, 2.24) is 19.8 Å². The van der Waals surface area contributed by atoms with E-state index in [1.54, 1.807) is 6.92 Å². The lowest BCUT2D eigenvalue weighted by atomic mass is 10.1. The molecule has 0 bridgehead atoms. The van der Waals surface area contributed by atoms with Crippen LogP contribution in [0.4, 0.5) is 0 Å². The van der Waals surface area contributed by atoms with E-state index >= 15 is 0 Å². The molecular weight excluding hydrogens is 380 g/mol. The Morgan fingerprint density at radius 3 is 2.55 bits per heavy atom. The van der Waals surface area contributed by atoms with Crippen LogP contribution in [-0.2, 0) is 20.9 Å². The van der Waals surface area contributed by atoms with E-state index in [0.29, 0.717) is 0 Å². The second kappa shape index (κ2) is 8.46. The van der Waals surface area contributed by atoms with Gasteiger partial charge in [-0.15, -0.1) is 0 Å². The number of furan rings is 1. The van der Waals surface area contributed by atoms with Crippen molar-refractivity contribution in [2.24, 2.45) is 0 Å². The summed E-state index contributed by atoms with van der Waals surface area (Å²) >= 11 is 0. The molecule has 0 unspecified atom stereocenters. The fourth-order valence-electron chi connectivity index (χ4n) is 2.73. The number of carbonyl (C=O) groups is 3. The third-order valence-electron chi connectivity index (χ3n) is 3.96. The molecule has 10 heteroatoms. The van der Waals surface area contributed by atoms with E-state index in [9.17, 15) is 19.2 Å². The lowest BCUT2D eigenvalue weighted by Gasteiger charge is -2.23. The number of hydrogen-bond donors (Lipinski definition) is 1. The molecule has 1 N–H and O–H groups in total. The Bertz CT molecular complexity index is 999. The van der Waals surface area contributed by atoms with Crippen LogP contribution in [-0.4, -0.2) is 58.0 Å². The number of carbonyl (C=O) groups excluding carboxylic acids is 3. The number of hydrogen-bond acceptors (Lipinski definition) is 7. The molecule has 2 amide bonds. The summed E-state index contributed by atoms with van der Waals surface area (Å²) < 4.78 is 11.4. The van der Waals surface area contributed by atoms with Gasteiger partial charge in [0.05, 0.1) is 13.2 Å². The highest BCUT2D eigenvalue weighted by Crippen LogP contribution is 2.21. The van der Waals surface area contributed by atoms with Crippen LogP contribution in [0.15, 0.2) is 15.5 Å². The van der Waals surface area contributed by atoms with E-state index in [1.807, 2.05) is 20.8 Å². The average Bonchev–Trinajstić information content (AvgIpc) is 2.92. The van der Waals surface area contributed by atoms with E-state index < -0.39 is 23.0 Å². The van der Waals surface area contributed by atoms with Crippen LogP contribution in [0.2, 0.25) is 0 Å². The Balaban J connectivity index is 2.26. The van der Waals surface area contributed by atoms with Crippen molar-refractivity contribution in [2.75, 3.05) is 20.2 Å². The number of likely N-dealkylation sites (N-methyl/N-ethyl adjacent to an activating group) is 1. The number of ether oxygens (including phenoxy) is 1. The zero-order chi connectivity index (χ0) is 21.9. The van der Waals surface area contributed by atoms with Gasteiger partial charge in [-0.2, -0.15) is 0 Å². The number of aromatic nitrogens is 2. The van der Waals surface area contributed by atoms with Crippen LogP contribution in [0.25, 0.3) is 11.1 Å². The van der Waals surface area contributed by atoms with Gasteiger partial charge in [-0.1, -0.05) is 0 Å². The first kappa shape index (κ1) is 22.1. The summed E-state index contributed by atoms with van der Waals surface area (Å²) in [5.41, 5.74) is -1.03. The first-order chi connectivity index (χ1) is 13.4. The number of nitrogens with one attached hydrogen (secondary N) is 1. The van der Waals surface area contributed by atoms with Crippen molar-refractivity contribution in [1.29, 1.82) is 0 Å². The smallest absolute Gasteiger partial charge is 0.342 e. The van der Waals surface area contributed by atoms with Crippen molar-refractivity contribution >= 4 is 28.9 Å². The molecule has 2 heterocycles. The van der Waals surface area contributed by atoms with Crippen LogP contribution in [0.1, 0.15) is 43.8 Å². The molecule has 10 nitrogen and oxygen atoms in total. The van der Waals surface area contributed by atoms with Crippen molar-refractivity contribution < 1.29 is 23.5 Å². The molecule has 158 valence electrons. The summed E-state index contributed by atoms with van der Waals surface area (Å²) in [4.78, 5) is 54.7. The SMILES string of the molecule is CCOC(=O)c1c(C)oc2ncn(CC(=O)N(C)CC(=O)NC(C)(C)C)c(=O)c12. The highest BCUT2D eigenvalue weighted by molar-refractivity contribution is 6.03. The Kier molecular flexibility index (Phi) is 6.45. The van der Waals surface area contributed by atoms with E-state index in [2.05, 4.69) is 10.3 Å². The third kappa shape index (κ3) is 5.21. The summed E-state index contributed by atoms with van der Waals surface area (Å²) in [6.45, 7) is 8.33. The molecular formula is C19H26N4O6. The lowest BCUT2D eigenvalue weighted by Crippen LogP contribution is -2.47. The van der Waals surface area contributed by atoms with Gasteiger partial charge in [0, 0.05) is 12.6 Å². The molecule has 2 aromatic rings. The molecule has 2 rings (SSSR count). The highest BCUT2D eigenvalue weighted by atomic mass is 16.5. The molecule has 0 saturated carbocycles. The van der Waals surface area contributed by atoms with Crippen LogP contribution >= 0.6 is 0 Å². The van der Waals surface area contributed by atoms with Crippen molar-refractivity contribution in [3.05, 3.63) is 28.0 Å². The zero-order valence-corrected chi connectivity index (χ0v) is 17.5. The van der Waals surface area contributed by atoms with Crippen LogP contribution < -0.4 is 10.9 Å². The number of fused-ring (bicyclic) bond motifs is 1. The minimum absolute atomic E-state index is 0.000872. The number of amides is 2. The Morgan fingerprint density at radius 1 is 1.31 bits per heavy atom. The Hall–Kier alpha value is -3.17. The topological polar surface area (TPSA) is 124 Å². The standard InChI is InChI=1S/C19H26N4O6/c1-7-28-18(27)14-11(2)29-16-15(14)17(26)23(10-20-16)9-13(25)22(6)8-12(24)21-19(3,4)5/h10H,7-9H2,1-6H3,(H,21,24). The summed E-state index contributed by atoms with van der Waals surface area (Å²) in [6, 6.07) is 0. The fraction of sp³-hybridized carbons (Fsp3) is 0.526. The minimum Gasteiger partial charge on any atom is -0.462 e. The normalized spacial score (nSPS) is 11.4. The van der Waals surface area contributed by atoms with E-state index in [-0.39, 0.29) is 48.0 Å².